The number of pyridine rings is 1. The van der Waals surface area contributed by atoms with Gasteiger partial charge in [-0.1, -0.05) is 0 Å². The Morgan fingerprint density at radius 2 is 2.18 bits per heavy atom. The van der Waals surface area contributed by atoms with Gasteiger partial charge < -0.3 is 11.1 Å². The molecule has 1 aliphatic rings. The van der Waals surface area contributed by atoms with Crippen LogP contribution in [0, 0.1) is 5.92 Å². The first-order valence-corrected chi connectivity index (χ1v) is 6.17. The van der Waals surface area contributed by atoms with E-state index in [0.717, 1.165) is 6.42 Å². The molecule has 92 valence electrons. The molecule has 0 bridgehead atoms. The van der Waals surface area contributed by atoms with Crippen molar-refractivity contribution in [1.82, 2.24) is 10.3 Å². The second kappa shape index (κ2) is 5.77. The number of aromatic nitrogens is 1. The second-order valence-electron chi connectivity index (χ2n) is 4.66. The van der Waals surface area contributed by atoms with Gasteiger partial charge in [-0.2, -0.15) is 0 Å². The molecule has 3 N–H and O–H groups in total. The van der Waals surface area contributed by atoms with E-state index in [0.29, 0.717) is 18.9 Å². The molecule has 0 aromatic carbocycles. The summed E-state index contributed by atoms with van der Waals surface area (Å²) in [7, 11) is 0. The number of nitrogens with zero attached hydrogens (tertiary/aromatic N) is 1. The van der Waals surface area contributed by atoms with E-state index in [2.05, 4.69) is 10.3 Å². The molecule has 0 radical (unpaired) electrons. The lowest BCUT2D eigenvalue weighted by molar-refractivity contribution is -0.121. The van der Waals surface area contributed by atoms with E-state index in [4.69, 9.17) is 5.73 Å². The number of nitrogens with one attached hydrogen (secondary N) is 1. The summed E-state index contributed by atoms with van der Waals surface area (Å²) in [6, 6.07) is 3.97. The van der Waals surface area contributed by atoms with Crippen molar-refractivity contribution in [1.29, 1.82) is 0 Å². The number of rotatable bonds is 6. The van der Waals surface area contributed by atoms with Crippen LogP contribution in [0.1, 0.15) is 24.8 Å². The lowest BCUT2D eigenvalue weighted by atomic mass is 10.1. The maximum absolute atomic E-state index is 11.6. The molecule has 1 heterocycles. The van der Waals surface area contributed by atoms with Crippen LogP contribution in [0.25, 0.3) is 0 Å². The van der Waals surface area contributed by atoms with Crippen molar-refractivity contribution in [3.63, 3.8) is 0 Å². The van der Waals surface area contributed by atoms with Crippen molar-refractivity contribution in [3.8, 4) is 0 Å². The van der Waals surface area contributed by atoms with Crippen LogP contribution < -0.4 is 11.1 Å². The predicted octanol–water partition coefficient (Wildman–Crippen LogP) is 0.868. The molecule has 0 saturated heterocycles. The Morgan fingerprint density at radius 1 is 1.47 bits per heavy atom. The van der Waals surface area contributed by atoms with Gasteiger partial charge in [-0.25, -0.2) is 0 Å². The highest BCUT2D eigenvalue weighted by atomic mass is 16.1. The smallest absolute Gasteiger partial charge is 0.221 e. The molecular weight excluding hydrogens is 214 g/mol. The fraction of sp³-hybridized carbons (Fsp3) is 0.538. The molecule has 1 fully saturated rings. The molecule has 17 heavy (non-hydrogen) atoms. The normalized spacial score (nSPS) is 16.5. The van der Waals surface area contributed by atoms with Gasteiger partial charge in [0.15, 0.2) is 0 Å². The van der Waals surface area contributed by atoms with Crippen molar-refractivity contribution in [2.75, 3.05) is 6.54 Å². The Balaban J connectivity index is 1.63. The number of carbonyl (C=O) groups excluding carboxylic acids is 1. The fourth-order valence-corrected chi connectivity index (χ4v) is 1.87. The zero-order valence-corrected chi connectivity index (χ0v) is 9.93. The SMILES string of the molecule is NC(CC(=O)NCCc1ccncc1)C1CC1. The summed E-state index contributed by atoms with van der Waals surface area (Å²) in [5.41, 5.74) is 7.08. The van der Waals surface area contributed by atoms with E-state index in [-0.39, 0.29) is 11.9 Å². The summed E-state index contributed by atoms with van der Waals surface area (Å²) in [6.45, 7) is 0.667. The van der Waals surface area contributed by atoms with E-state index in [1.54, 1.807) is 12.4 Å². The van der Waals surface area contributed by atoms with Crippen LogP contribution >= 0.6 is 0 Å². The molecule has 0 spiro atoms. The van der Waals surface area contributed by atoms with Crippen molar-refractivity contribution >= 4 is 5.91 Å². The van der Waals surface area contributed by atoms with Crippen molar-refractivity contribution in [3.05, 3.63) is 30.1 Å². The first-order valence-electron chi connectivity index (χ1n) is 6.17. The third-order valence-corrected chi connectivity index (χ3v) is 3.13. The molecule has 4 heteroatoms. The third kappa shape index (κ3) is 4.15. The van der Waals surface area contributed by atoms with Gasteiger partial charge in [0, 0.05) is 31.4 Å². The van der Waals surface area contributed by atoms with E-state index in [1.165, 1.54) is 18.4 Å². The van der Waals surface area contributed by atoms with Gasteiger partial charge >= 0.3 is 0 Å². The quantitative estimate of drug-likeness (QED) is 0.766. The van der Waals surface area contributed by atoms with Gasteiger partial charge in [0.25, 0.3) is 0 Å². The fourth-order valence-electron chi connectivity index (χ4n) is 1.87. The largest absolute Gasteiger partial charge is 0.356 e. The van der Waals surface area contributed by atoms with Gasteiger partial charge in [0.05, 0.1) is 0 Å². The van der Waals surface area contributed by atoms with E-state index >= 15 is 0 Å². The Hall–Kier alpha value is -1.42. The number of hydrogen-bond donors (Lipinski definition) is 2. The van der Waals surface area contributed by atoms with Crippen molar-refractivity contribution in [2.24, 2.45) is 11.7 Å². The minimum absolute atomic E-state index is 0.0518. The standard InChI is InChI=1S/C13H19N3O/c14-12(11-1-2-11)9-13(17)16-8-5-10-3-6-15-7-4-10/h3-4,6-7,11-12H,1-2,5,8-9,14H2,(H,16,17). The summed E-state index contributed by atoms with van der Waals surface area (Å²) in [5.74, 6) is 0.652. The maximum Gasteiger partial charge on any atom is 0.221 e. The van der Waals surface area contributed by atoms with Crippen LogP contribution in [-0.4, -0.2) is 23.5 Å². The summed E-state index contributed by atoms with van der Waals surface area (Å²) >= 11 is 0. The molecule has 1 saturated carbocycles. The molecule has 1 amide bonds. The van der Waals surface area contributed by atoms with E-state index in [9.17, 15) is 4.79 Å². The minimum Gasteiger partial charge on any atom is -0.356 e. The Kier molecular flexibility index (Phi) is 4.09. The maximum atomic E-state index is 11.6. The third-order valence-electron chi connectivity index (χ3n) is 3.13. The lowest BCUT2D eigenvalue weighted by Crippen LogP contribution is -2.33. The number of amides is 1. The predicted molar refractivity (Wildman–Crippen MR) is 66.3 cm³/mol. The number of carbonyl (C=O) groups is 1. The zero-order valence-electron chi connectivity index (χ0n) is 9.93. The van der Waals surface area contributed by atoms with Gasteiger partial charge in [0.1, 0.15) is 0 Å². The summed E-state index contributed by atoms with van der Waals surface area (Å²) in [6.07, 6.45) is 7.20. The average Bonchev–Trinajstić information content (AvgIpc) is 3.14. The van der Waals surface area contributed by atoms with Crippen LogP contribution in [0.5, 0.6) is 0 Å². The van der Waals surface area contributed by atoms with Crippen molar-refractivity contribution < 1.29 is 4.79 Å². The Bertz CT molecular complexity index is 362. The highest BCUT2D eigenvalue weighted by Crippen LogP contribution is 2.32. The van der Waals surface area contributed by atoms with Gasteiger partial charge in [0.2, 0.25) is 5.91 Å². The zero-order chi connectivity index (χ0) is 12.1. The van der Waals surface area contributed by atoms with Gasteiger partial charge in [-0.05, 0) is 42.9 Å². The van der Waals surface area contributed by atoms with E-state index < -0.39 is 0 Å². The molecule has 1 unspecified atom stereocenters. The Morgan fingerprint density at radius 3 is 2.82 bits per heavy atom. The molecule has 1 aliphatic carbocycles. The molecular formula is C13H19N3O. The molecule has 1 aromatic heterocycles. The first kappa shape index (κ1) is 12.0. The topological polar surface area (TPSA) is 68.0 Å². The average molecular weight is 233 g/mol. The van der Waals surface area contributed by atoms with E-state index in [1.807, 2.05) is 12.1 Å². The lowest BCUT2D eigenvalue weighted by Gasteiger charge is -2.10. The number of hydrogen-bond acceptors (Lipinski definition) is 3. The van der Waals surface area contributed by atoms with Crippen LogP contribution in [-0.2, 0) is 11.2 Å². The molecule has 2 rings (SSSR count). The monoisotopic (exact) mass is 233 g/mol. The molecule has 1 aromatic rings. The van der Waals surface area contributed by atoms with Crippen LogP contribution in [0.4, 0.5) is 0 Å². The van der Waals surface area contributed by atoms with Crippen LogP contribution in [0.3, 0.4) is 0 Å². The Labute approximate surface area is 102 Å². The first-order chi connectivity index (χ1) is 8.25. The molecule has 0 aliphatic heterocycles. The van der Waals surface area contributed by atoms with Crippen LogP contribution in [0.15, 0.2) is 24.5 Å². The van der Waals surface area contributed by atoms with Gasteiger partial charge in [-0.15, -0.1) is 0 Å². The summed E-state index contributed by atoms with van der Waals surface area (Å²) in [5, 5.41) is 2.91. The van der Waals surface area contributed by atoms with Gasteiger partial charge in [-0.3, -0.25) is 9.78 Å². The highest BCUT2D eigenvalue weighted by molar-refractivity contribution is 5.76. The summed E-state index contributed by atoms with van der Waals surface area (Å²) in [4.78, 5) is 15.5. The summed E-state index contributed by atoms with van der Waals surface area (Å²) < 4.78 is 0. The highest BCUT2D eigenvalue weighted by Gasteiger charge is 2.29. The minimum atomic E-state index is 0.0518. The number of nitrogens with two attached hydrogens (primary N) is 1. The van der Waals surface area contributed by atoms with Crippen LogP contribution in [0.2, 0.25) is 0 Å². The van der Waals surface area contributed by atoms with Crippen molar-refractivity contribution in [2.45, 2.75) is 31.7 Å². The second-order valence-corrected chi connectivity index (χ2v) is 4.66. The molecule has 1 atom stereocenters. The molecule has 4 nitrogen and oxygen atoms in total.